The molecule has 1 aliphatic carbocycles. The Bertz CT molecular complexity index is 892. The highest BCUT2D eigenvalue weighted by Crippen LogP contribution is 2.40. The Hall–Kier alpha value is -3.13. The zero-order valence-electron chi connectivity index (χ0n) is 13.7. The molecular formula is C20H17FN2O2. The lowest BCUT2D eigenvalue weighted by atomic mass is 10.1. The van der Waals surface area contributed by atoms with Gasteiger partial charge in [-0.3, -0.25) is 10.1 Å². The smallest absolute Gasteiger partial charge is 0.306 e. The molecule has 0 bridgehead atoms. The van der Waals surface area contributed by atoms with Crippen LogP contribution in [0, 0.1) is 17.7 Å². The second-order valence-corrected chi connectivity index (χ2v) is 5.84. The number of hydrogen-bond donors (Lipinski definition) is 2. The molecule has 3 rings (SSSR count). The lowest BCUT2D eigenvalue weighted by molar-refractivity contribution is 0.0963. The first kappa shape index (κ1) is 16.7. The molecule has 0 spiro atoms. The fraction of sp³-hybridized carbons (Fsp3) is 0.200. The van der Waals surface area contributed by atoms with Crippen molar-refractivity contribution in [2.45, 2.75) is 25.7 Å². The van der Waals surface area contributed by atoms with E-state index in [1.165, 1.54) is 12.1 Å². The van der Waals surface area contributed by atoms with E-state index in [0.29, 0.717) is 17.2 Å². The van der Waals surface area contributed by atoms with Crippen LogP contribution in [0.3, 0.4) is 0 Å². The molecule has 0 aliphatic heterocycles. The molecule has 4 nitrogen and oxygen atoms in total. The molecule has 0 radical (unpaired) electrons. The summed E-state index contributed by atoms with van der Waals surface area (Å²) in [5, 5.41) is 4.70. The predicted molar refractivity (Wildman–Crippen MR) is 93.9 cm³/mol. The normalized spacial score (nSPS) is 12.7. The number of halogens is 1. The molecule has 1 aliphatic rings. The SMILES string of the molecule is CC#Cc1ccccc1NC(=O)NC(=O)c1ccc(C2CC2)cc1F. The van der Waals surface area contributed by atoms with Gasteiger partial charge in [0, 0.05) is 5.56 Å². The third-order valence-corrected chi connectivity index (χ3v) is 3.95. The van der Waals surface area contributed by atoms with Crippen molar-refractivity contribution in [1.82, 2.24) is 5.32 Å². The van der Waals surface area contributed by atoms with Gasteiger partial charge in [0.15, 0.2) is 0 Å². The van der Waals surface area contributed by atoms with E-state index in [-0.39, 0.29) is 5.56 Å². The van der Waals surface area contributed by atoms with E-state index in [1.807, 2.05) is 0 Å². The van der Waals surface area contributed by atoms with Gasteiger partial charge in [0.2, 0.25) is 0 Å². The first-order valence-corrected chi connectivity index (χ1v) is 8.02. The second-order valence-electron chi connectivity index (χ2n) is 5.84. The van der Waals surface area contributed by atoms with Crippen molar-refractivity contribution >= 4 is 17.6 Å². The second kappa shape index (κ2) is 7.18. The summed E-state index contributed by atoms with van der Waals surface area (Å²) >= 11 is 0. The summed E-state index contributed by atoms with van der Waals surface area (Å²) in [7, 11) is 0. The van der Waals surface area contributed by atoms with E-state index in [1.54, 1.807) is 37.3 Å². The van der Waals surface area contributed by atoms with Crippen LogP contribution in [0.5, 0.6) is 0 Å². The molecule has 2 aromatic rings. The van der Waals surface area contributed by atoms with E-state index in [4.69, 9.17) is 0 Å². The quantitative estimate of drug-likeness (QED) is 0.831. The highest BCUT2D eigenvalue weighted by atomic mass is 19.1. The fourth-order valence-corrected chi connectivity index (χ4v) is 2.55. The van der Waals surface area contributed by atoms with Crippen LogP contribution >= 0.6 is 0 Å². The number of benzene rings is 2. The van der Waals surface area contributed by atoms with Crippen LogP contribution in [0.15, 0.2) is 42.5 Å². The molecule has 1 fully saturated rings. The molecule has 0 unspecified atom stereocenters. The van der Waals surface area contributed by atoms with Crippen LogP contribution < -0.4 is 10.6 Å². The predicted octanol–water partition coefficient (Wildman–Crippen LogP) is 4.04. The van der Waals surface area contributed by atoms with Gasteiger partial charge in [-0.2, -0.15) is 0 Å². The van der Waals surface area contributed by atoms with Crippen LogP contribution in [-0.4, -0.2) is 11.9 Å². The maximum absolute atomic E-state index is 14.1. The zero-order valence-corrected chi connectivity index (χ0v) is 13.7. The van der Waals surface area contributed by atoms with Gasteiger partial charge in [-0.15, -0.1) is 5.92 Å². The number of amides is 3. The van der Waals surface area contributed by atoms with Gasteiger partial charge in [0.05, 0.1) is 11.3 Å². The molecule has 2 aromatic carbocycles. The van der Waals surface area contributed by atoms with Crippen molar-refractivity contribution in [2.24, 2.45) is 0 Å². The third kappa shape index (κ3) is 4.04. The highest BCUT2D eigenvalue weighted by molar-refractivity contribution is 6.08. The van der Waals surface area contributed by atoms with E-state index in [9.17, 15) is 14.0 Å². The topological polar surface area (TPSA) is 58.2 Å². The standard InChI is InChI=1S/C20H17FN2O2/c1-2-5-14-6-3-4-7-18(14)22-20(25)23-19(24)16-11-10-15(12-17(16)21)13-8-9-13/h3-4,6-7,10-13H,8-9H2,1H3,(H2,22,23,24,25). The molecule has 126 valence electrons. The number of carbonyl (C=O) groups is 2. The van der Waals surface area contributed by atoms with Crippen molar-refractivity contribution < 1.29 is 14.0 Å². The zero-order chi connectivity index (χ0) is 17.8. The van der Waals surface area contributed by atoms with E-state index in [0.717, 1.165) is 18.4 Å². The first-order valence-electron chi connectivity index (χ1n) is 8.02. The largest absolute Gasteiger partial charge is 0.326 e. The summed E-state index contributed by atoms with van der Waals surface area (Å²) in [6.07, 6.45) is 2.10. The first-order chi connectivity index (χ1) is 12.1. The van der Waals surface area contributed by atoms with E-state index < -0.39 is 17.8 Å². The van der Waals surface area contributed by atoms with Crippen molar-refractivity contribution in [3.05, 3.63) is 65.0 Å². The number of hydrogen-bond acceptors (Lipinski definition) is 2. The van der Waals surface area contributed by atoms with Gasteiger partial charge in [-0.1, -0.05) is 24.1 Å². The van der Waals surface area contributed by atoms with Crippen LogP contribution in [-0.2, 0) is 0 Å². The van der Waals surface area contributed by atoms with Crippen LogP contribution in [0.25, 0.3) is 0 Å². The van der Waals surface area contributed by atoms with Crippen molar-refractivity contribution in [3.8, 4) is 11.8 Å². The van der Waals surface area contributed by atoms with Crippen LogP contribution in [0.1, 0.15) is 47.2 Å². The van der Waals surface area contributed by atoms with Crippen LogP contribution in [0.4, 0.5) is 14.9 Å². The monoisotopic (exact) mass is 336 g/mol. The molecule has 0 heterocycles. The minimum absolute atomic E-state index is 0.152. The summed E-state index contributed by atoms with van der Waals surface area (Å²) in [6, 6.07) is 10.8. The van der Waals surface area contributed by atoms with Crippen molar-refractivity contribution in [2.75, 3.05) is 5.32 Å². The van der Waals surface area contributed by atoms with Gasteiger partial charge in [-0.25, -0.2) is 9.18 Å². The Morgan fingerprint density at radius 3 is 2.60 bits per heavy atom. The Labute approximate surface area is 145 Å². The Kier molecular flexibility index (Phi) is 4.80. The van der Waals surface area contributed by atoms with Crippen molar-refractivity contribution in [1.29, 1.82) is 0 Å². The Balaban J connectivity index is 1.68. The number of carbonyl (C=O) groups excluding carboxylic acids is 2. The fourth-order valence-electron chi connectivity index (χ4n) is 2.55. The number of anilines is 1. The van der Waals surface area contributed by atoms with Gasteiger partial charge < -0.3 is 5.32 Å². The minimum Gasteiger partial charge on any atom is -0.306 e. The molecule has 0 atom stereocenters. The lowest BCUT2D eigenvalue weighted by Crippen LogP contribution is -2.35. The third-order valence-electron chi connectivity index (χ3n) is 3.95. The molecule has 1 saturated carbocycles. The molecular weight excluding hydrogens is 319 g/mol. The average Bonchev–Trinajstić information content (AvgIpc) is 3.41. The molecule has 25 heavy (non-hydrogen) atoms. The molecule has 0 saturated heterocycles. The summed E-state index contributed by atoms with van der Waals surface area (Å²) < 4.78 is 14.1. The summed E-state index contributed by atoms with van der Waals surface area (Å²) in [6.45, 7) is 1.69. The number of nitrogens with one attached hydrogen (secondary N) is 2. The summed E-state index contributed by atoms with van der Waals surface area (Å²) in [5.74, 6) is 4.61. The van der Waals surface area contributed by atoms with Gasteiger partial charge in [0.25, 0.3) is 5.91 Å². The average molecular weight is 336 g/mol. The minimum atomic E-state index is -0.781. The van der Waals surface area contributed by atoms with E-state index in [2.05, 4.69) is 22.5 Å². The maximum Gasteiger partial charge on any atom is 0.326 e. The van der Waals surface area contributed by atoms with Crippen molar-refractivity contribution in [3.63, 3.8) is 0 Å². The molecule has 0 aromatic heterocycles. The number of para-hydroxylation sites is 1. The number of urea groups is 1. The van der Waals surface area contributed by atoms with Crippen LogP contribution in [0.2, 0.25) is 0 Å². The Morgan fingerprint density at radius 2 is 1.92 bits per heavy atom. The molecule has 5 heteroatoms. The molecule has 2 N–H and O–H groups in total. The summed E-state index contributed by atoms with van der Waals surface area (Å²) in [4.78, 5) is 24.2. The lowest BCUT2D eigenvalue weighted by Gasteiger charge is -2.09. The van der Waals surface area contributed by atoms with Gasteiger partial charge in [0.1, 0.15) is 5.82 Å². The highest BCUT2D eigenvalue weighted by Gasteiger charge is 2.25. The number of imide groups is 1. The molecule has 3 amide bonds. The summed E-state index contributed by atoms with van der Waals surface area (Å²) in [5.41, 5.74) is 1.85. The number of rotatable bonds is 3. The van der Waals surface area contributed by atoms with E-state index >= 15 is 0 Å². The Morgan fingerprint density at radius 1 is 1.16 bits per heavy atom. The van der Waals surface area contributed by atoms with Gasteiger partial charge >= 0.3 is 6.03 Å². The van der Waals surface area contributed by atoms with Gasteiger partial charge in [-0.05, 0) is 55.5 Å². The maximum atomic E-state index is 14.1.